The molecule has 1 aromatic carbocycles. The Bertz CT molecular complexity index is 581. The van der Waals surface area contributed by atoms with Crippen LogP contribution < -0.4 is 0 Å². The maximum atomic E-state index is 12.1. The van der Waals surface area contributed by atoms with Crippen LogP contribution in [0.2, 0.25) is 0 Å². The number of benzene rings is 1. The molecule has 0 bridgehead atoms. The molecule has 7 nitrogen and oxygen atoms in total. The van der Waals surface area contributed by atoms with Crippen LogP contribution >= 0.6 is 8.03 Å². The molecule has 1 rings (SSSR count). The quantitative estimate of drug-likeness (QED) is 0.307. The van der Waals surface area contributed by atoms with Gasteiger partial charge in [-0.15, -0.1) is 0 Å². The van der Waals surface area contributed by atoms with Gasteiger partial charge in [0.15, 0.2) is 0 Å². The second kappa shape index (κ2) is 14.2. The topological polar surface area (TPSA) is 93.1 Å². The van der Waals surface area contributed by atoms with E-state index in [4.69, 9.17) is 14.4 Å². The monoisotopic (exact) mass is 399 g/mol. The lowest BCUT2D eigenvalue weighted by Gasteiger charge is -2.20. The molecule has 0 radical (unpaired) electrons. The molecule has 1 amide bonds. The number of amides is 1. The van der Waals surface area contributed by atoms with Gasteiger partial charge in [0.2, 0.25) is 8.03 Å². The fraction of sp³-hybridized carbons (Fsp3) is 0.579. The third-order valence-corrected chi connectivity index (χ3v) is 4.52. The maximum absolute atomic E-state index is 12.1. The zero-order chi connectivity index (χ0) is 19.9. The summed E-state index contributed by atoms with van der Waals surface area (Å²) >= 11 is 0. The largest absolute Gasteiger partial charge is 0.464 e. The summed E-state index contributed by atoms with van der Waals surface area (Å²) in [6.07, 6.45) is 5.17. The first-order chi connectivity index (χ1) is 13.0. The average Bonchev–Trinajstić information content (AvgIpc) is 2.65. The van der Waals surface area contributed by atoms with Crippen LogP contribution in [0.1, 0.15) is 51.0 Å². The van der Waals surface area contributed by atoms with Gasteiger partial charge in [0.05, 0.1) is 12.9 Å². The second-order valence-corrected chi connectivity index (χ2v) is 7.38. The van der Waals surface area contributed by atoms with E-state index in [1.807, 2.05) is 18.2 Å². The number of ether oxygens (including phenoxy) is 2. The van der Waals surface area contributed by atoms with Gasteiger partial charge in [-0.25, -0.2) is 4.79 Å². The molecule has 0 spiro atoms. The van der Waals surface area contributed by atoms with E-state index in [-0.39, 0.29) is 13.2 Å². The van der Waals surface area contributed by atoms with Crippen molar-refractivity contribution in [1.29, 1.82) is 0 Å². The first-order valence-electron chi connectivity index (χ1n) is 9.36. The Balaban J connectivity index is 2.36. The molecule has 0 aliphatic heterocycles. The van der Waals surface area contributed by atoms with Gasteiger partial charge in [-0.05, 0) is 12.0 Å². The highest BCUT2D eigenvalue weighted by atomic mass is 31.1. The zero-order valence-corrected chi connectivity index (χ0v) is 16.9. The number of carbonyl (C=O) groups is 2. The Morgan fingerprint density at radius 1 is 1.04 bits per heavy atom. The summed E-state index contributed by atoms with van der Waals surface area (Å²) < 4.78 is 21.4. The predicted molar refractivity (Wildman–Crippen MR) is 104 cm³/mol. The molecule has 0 aromatic heterocycles. The Kier molecular flexibility index (Phi) is 12.2. The molecule has 0 saturated carbocycles. The molecule has 1 unspecified atom stereocenters. The van der Waals surface area contributed by atoms with Gasteiger partial charge in [0.25, 0.3) is 0 Å². The number of hydrogen-bond acceptors (Lipinski definition) is 5. The SMILES string of the molecule is CCCCCCCCOC(=O)CN(C[PH](=O)O)C(=O)OCc1ccccc1. The van der Waals surface area contributed by atoms with Crippen molar-refractivity contribution >= 4 is 20.1 Å². The van der Waals surface area contributed by atoms with E-state index in [2.05, 4.69) is 6.92 Å². The van der Waals surface area contributed by atoms with Crippen LogP contribution in [-0.4, -0.2) is 41.3 Å². The maximum Gasteiger partial charge on any atom is 0.411 e. The lowest BCUT2D eigenvalue weighted by molar-refractivity contribution is -0.144. The Labute approximate surface area is 161 Å². The predicted octanol–water partition coefficient (Wildman–Crippen LogP) is 3.95. The molecule has 27 heavy (non-hydrogen) atoms. The molecule has 1 N–H and O–H groups in total. The Hall–Kier alpha value is -1.85. The molecule has 1 aromatic rings. The highest BCUT2D eigenvalue weighted by molar-refractivity contribution is 7.37. The van der Waals surface area contributed by atoms with Gasteiger partial charge in [-0.3, -0.25) is 14.3 Å². The van der Waals surface area contributed by atoms with Gasteiger partial charge >= 0.3 is 12.1 Å². The molecule has 152 valence electrons. The molecule has 0 saturated heterocycles. The minimum absolute atomic E-state index is 0.0232. The number of nitrogens with zero attached hydrogens (tertiary/aromatic N) is 1. The van der Waals surface area contributed by atoms with Crippen molar-refractivity contribution in [3.05, 3.63) is 35.9 Å². The lowest BCUT2D eigenvalue weighted by atomic mass is 10.1. The number of unbranched alkanes of at least 4 members (excludes halogenated alkanes) is 5. The van der Waals surface area contributed by atoms with E-state index < -0.39 is 32.9 Å². The van der Waals surface area contributed by atoms with Gasteiger partial charge in [0, 0.05) is 0 Å². The highest BCUT2D eigenvalue weighted by Crippen LogP contribution is 2.16. The van der Waals surface area contributed by atoms with Gasteiger partial charge < -0.3 is 14.4 Å². The number of esters is 1. The summed E-state index contributed by atoms with van der Waals surface area (Å²) in [5, 5.41) is 0. The molecule has 0 heterocycles. The minimum Gasteiger partial charge on any atom is -0.464 e. The summed E-state index contributed by atoms with van der Waals surface area (Å²) in [6.45, 7) is 2.06. The van der Waals surface area contributed by atoms with E-state index in [0.717, 1.165) is 29.7 Å². The van der Waals surface area contributed by atoms with Gasteiger partial charge in [-0.2, -0.15) is 0 Å². The van der Waals surface area contributed by atoms with Crippen LogP contribution in [-0.2, 0) is 25.4 Å². The van der Waals surface area contributed by atoms with Crippen molar-refractivity contribution in [1.82, 2.24) is 4.90 Å². The Morgan fingerprint density at radius 2 is 1.70 bits per heavy atom. The zero-order valence-electron chi connectivity index (χ0n) is 15.9. The summed E-state index contributed by atoms with van der Waals surface area (Å²) in [5.41, 5.74) is 0.785. The fourth-order valence-electron chi connectivity index (χ4n) is 2.43. The van der Waals surface area contributed by atoms with Crippen molar-refractivity contribution in [3.8, 4) is 0 Å². The van der Waals surface area contributed by atoms with Crippen LogP contribution in [0.4, 0.5) is 4.79 Å². The van der Waals surface area contributed by atoms with Crippen molar-refractivity contribution in [2.75, 3.05) is 19.4 Å². The van der Waals surface area contributed by atoms with Crippen molar-refractivity contribution in [3.63, 3.8) is 0 Å². The molecule has 8 heteroatoms. The number of rotatable bonds is 13. The summed E-state index contributed by atoms with van der Waals surface area (Å²) in [4.78, 5) is 34.1. The Morgan fingerprint density at radius 3 is 2.37 bits per heavy atom. The number of hydrogen-bond donors (Lipinski definition) is 1. The fourth-order valence-corrected chi connectivity index (χ4v) is 3.00. The summed E-state index contributed by atoms with van der Waals surface area (Å²) in [7, 11) is -2.97. The third-order valence-electron chi connectivity index (χ3n) is 3.87. The normalized spacial score (nSPS) is 11.6. The van der Waals surface area contributed by atoms with Crippen LogP contribution in [0.15, 0.2) is 30.3 Å². The summed E-state index contributed by atoms with van der Waals surface area (Å²) in [5.74, 6) is -0.608. The average molecular weight is 399 g/mol. The first-order valence-corrected chi connectivity index (χ1v) is 10.9. The van der Waals surface area contributed by atoms with E-state index >= 15 is 0 Å². The number of carbonyl (C=O) groups excluding carboxylic acids is 2. The second-order valence-electron chi connectivity index (χ2n) is 6.28. The van der Waals surface area contributed by atoms with Gasteiger partial charge in [0.1, 0.15) is 13.2 Å². The van der Waals surface area contributed by atoms with Crippen LogP contribution in [0.25, 0.3) is 0 Å². The third kappa shape index (κ3) is 11.5. The van der Waals surface area contributed by atoms with Crippen LogP contribution in [0.3, 0.4) is 0 Å². The molecule has 1 atom stereocenters. The van der Waals surface area contributed by atoms with E-state index in [1.165, 1.54) is 19.3 Å². The van der Waals surface area contributed by atoms with E-state index in [0.29, 0.717) is 0 Å². The van der Waals surface area contributed by atoms with E-state index in [9.17, 15) is 14.2 Å². The smallest absolute Gasteiger partial charge is 0.411 e. The first kappa shape index (κ1) is 23.2. The standard InChI is InChI=1S/C19H30NO6P/c1-2-3-4-5-6-10-13-25-18(21)14-20(16-27(23)24)19(22)26-15-17-11-8-7-9-12-17/h7-9,11-12,27H,2-6,10,13-16H2,1H3,(H,23,24). The van der Waals surface area contributed by atoms with Crippen molar-refractivity contribution < 1.29 is 28.5 Å². The summed E-state index contributed by atoms with van der Waals surface area (Å²) in [6, 6.07) is 9.05. The molecule has 0 aliphatic carbocycles. The minimum atomic E-state index is -2.97. The molecule has 0 aliphatic rings. The molecular formula is C19H30NO6P. The van der Waals surface area contributed by atoms with Crippen molar-refractivity contribution in [2.45, 2.75) is 52.1 Å². The molecule has 0 fully saturated rings. The van der Waals surface area contributed by atoms with E-state index in [1.54, 1.807) is 12.1 Å². The highest BCUT2D eigenvalue weighted by Gasteiger charge is 2.21. The van der Waals surface area contributed by atoms with Crippen LogP contribution in [0, 0.1) is 0 Å². The van der Waals surface area contributed by atoms with Gasteiger partial charge in [-0.1, -0.05) is 69.4 Å². The van der Waals surface area contributed by atoms with Crippen molar-refractivity contribution in [2.24, 2.45) is 0 Å². The van der Waals surface area contributed by atoms with Crippen LogP contribution in [0.5, 0.6) is 0 Å². The lowest BCUT2D eigenvalue weighted by Crippen LogP contribution is -2.36. The molecular weight excluding hydrogens is 369 g/mol.